The van der Waals surface area contributed by atoms with E-state index in [9.17, 15) is 26.3 Å². The summed E-state index contributed by atoms with van der Waals surface area (Å²) in [5.41, 5.74) is -2.57. The SMILES string of the molecule is FC1=C(C(F)(F)F)C(F)(F)OC(c2ccccc2)=C1. The fourth-order valence-electron chi connectivity index (χ4n) is 1.59. The first-order valence-corrected chi connectivity index (χ1v) is 5.03. The van der Waals surface area contributed by atoms with Crippen LogP contribution in [0.4, 0.5) is 26.3 Å². The van der Waals surface area contributed by atoms with Crippen LogP contribution in [0, 0.1) is 0 Å². The molecule has 0 spiro atoms. The number of halogens is 6. The van der Waals surface area contributed by atoms with Crippen LogP contribution >= 0.6 is 0 Å². The Morgan fingerprint density at radius 2 is 1.58 bits per heavy atom. The highest BCUT2D eigenvalue weighted by molar-refractivity contribution is 5.64. The number of ether oxygens (including phenoxy) is 1. The Kier molecular flexibility index (Phi) is 3.07. The number of hydrogen-bond acceptors (Lipinski definition) is 1. The van der Waals surface area contributed by atoms with Gasteiger partial charge in [0.15, 0.2) is 5.57 Å². The number of rotatable bonds is 1. The summed E-state index contributed by atoms with van der Waals surface area (Å²) in [6, 6.07) is 7.11. The van der Waals surface area contributed by atoms with Crippen molar-refractivity contribution in [1.82, 2.24) is 0 Å². The molecule has 1 aromatic carbocycles. The molecule has 7 heteroatoms. The molecule has 0 saturated heterocycles. The van der Waals surface area contributed by atoms with Crippen LogP contribution in [-0.2, 0) is 4.74 Å². The third kappa shape index (κ3) is 2.59. The number of hydrogen-bond donors (Lipinski definition) is 0. The fraction of sp³-hybridized carbons (Fsp3) is 0.167. The molecule has 1 aromatic rings. The van der Waals surface area contributed by atoms with Gasteiger partial charge in [-0.3, -0.25) is 0 Å². The predicted molar refractivity (Wildman–Crippen MR) is 54.6 cm³/mol. The summed E-state index contributed by atoms with van der Waals surface area (Å²) in [7, 11) is 0. The summed E-state index contributed by atoms with van der Waals surface area (Å²) >= 11 is 0. The van der Waals surface area contributed by atoms with Crippen molar-refractivity contribution in [2.45, 2.75) is 12.3 Å². The van der Waals surface area contributed by atoms with Crippen molar-refractivity contribution in [3.05, 3.63) is 53.4 Å². The maximum atomic E-state index is 13.3. The van der Waals surface area contributed by atoms with E-state index >= 15 is 0 Å². The molecule has 0 aliphatic carbocycles. The Bertz CT molecular complexity index is 541. The Morgan fingerprint density at radius 3 is 2.05 bits per heavy atom. The van der Waals surface area contributed by atoms with Crippen LogP contribution in [0.25, 0.3) is 5.76 Å². The summed E-state index contributed by atoms with van der Waals surface area (Å²) in [6.07, 6.45) is -9.97. The van der Waals surface area contributed by atoms with E-state index < -0.39 is 29.4 Å². The van der Waals surface area contributed by atoms with Gasteiger partial charge in [-0.05, 0) is 0 Å². The van der Waals surface area contributed by atoms with Gasteiger partial charge in [0, 0.05) is 11.6 Å². The molecule has 0 N–H and O–H groups in total. The molecule has 2 rings (SSSR count). The minimum atomic E-state index is -5.51. The minimum absolute atomic E-state index is 0.0542. The standard InChI is InChI=1S/C12H6F6O/c13-8-6-9(7-4-2-1-3-5-7)19-12(17,18)10(8)11(14,15)16/h1-6H. The molecule has 102 valence electrons. The van der Waals surface area contributed by atoms with E-state index in [1.165, 1.54) is 24.3 Å². The van der Waals surface area contributed by atoms with Crippen molar-refractivity contribution in [1.29, 1.82) is 0 Å². The molecular formula is C12H6F6O. The van der Waals surface area contributed by atoms with Crippen LogP contribution in [0.1, 0.15) is 5.56 Å². The van der Waals surface area contributed by atoms with Gasteiger partial charge in [0.25, 0.3) is 0 Å². The van der Waals surface area contributed by atoms with Gasteiger partial charge < -0.3 is 4.74 Å². The highest BCUT2D eigenvalue weighted by Gasteiger charge is 2.57. The van der Waals surface area contributed by atoms with Crippen molar-refractivity contribution in [2.24, 2.45) is 0 Å². The smallest absolute Gasteiger partial charge is 0.428 e. The van der Waals surface area contributed by atoms with Crippen molar-refractivity contribution in [3.8, 4) is 0 Å². The molecule has 0 amide bonds. The average molecular weight is 280 g/mol. The molecular weight excluding hydrogens is 274 g/mol. The van der Waals surface area contributed by atoms with E-state index in [1.807, 2.05) is 0 Å². The molecule has 0 atom stereocenters. The number of allylic oxidation sites excluding steroid dienone is 2. The van der Waals surface area contributed by atoms with E-state index in [2.05, 4.69) is 4.74 Å². The van der Waals surface area contributed by atoms with Crippen molar-refractivity contribution < 1.29 is 31.1 Å². The van der Waals surface area contributed by atoms with Crippen LogP contribution in [0.3, 0.4) is 0 Å². The molecule has 0 unspecified atom stereocenters. The Hall–Kier alpha value is -1.92. The first-order chi connectivity index (χ1) is 8.72. The predicted octanol–water partition coefficient (Wildman–Crippen LogP) is 4.44. The largest absolute Gasteiger partial charge is 0.434 e. The molecule has 19 heavy (non-hydrogen) atoms. The van der Waals surface area contributed by atoms with E-state index in [1.54, 1.807) is 6.07 Å². The summed E-state index contributed by atoms with van der Waals surface area (Å²) < 4.78 is 80.8. The first-order valence-electron chi connectivity index (χ1n) is 5.03. The molecule has 0 bridgehead atoms. The average Bonchev–Trinajstić information content (AvgIpc) is 2.25. The van der Waals surface area contributed by atoms with Crippen LogP contribution in [-0.4, -0.2) is 12.3 Å². The molecule has 1 heterocycles. The van der Waals surface area contributed by atoms with Crippen molar-refractivity contribution in [2.75, 3.05) is 0 Å². The molecule has 0 fully saturated rings. The van der Waals surface area contributed by atoms with Gasteiger partial charge >= 0.3 is 12.3 Å². The normalized spacial score (nSPS) is 18.9. The zero-order valence-electron chi connectivity index (χ0n) is 9.14. The lowest BCUT2D eigenvalue weighted by molar-refractivity contribution is -0.214. The molecule has 0 aromatic heterocycles. The number of benzene rings is 1. The van der Waals surface area contributed by atoms with Gasteiger partial charge in [-0.2, -0.15) is 22.0 Å². The second-order valence-electron chi connectivity index (χ2n) is 3.71. The molecule has 0 saturated carbocycles. The number of alkyl halides is 5. The van der Waals surface area contributed by atoms with E-state index in [0.29, 0.717) is 6.08 Å². The van der Waals surface area contributed by atoms with E-state index in [4.69, 9.17) is 0 Å². The third-order valence-electron chi connectivity index (χ3n) is 2.37. The van der Waals surface area contributed by atoms with Gasteiger partial charge in [0.2, 0.25) is 0 Å². The third-order valence-corrected chi connectivity index (χ3v) is 2.37. The highest BCUT2D eigenvalue weighted by Crippen LogP contribution is 2.46. The molecule has 1 nitrogen and oxygen atoms in total. The minimum Gasteiger partial charge on any atom is -0.428 e. The lowest BCUT2D eigenvalue weighted by Gasteiger charge is -2.27. The van der Waals surface area contributed by atoms with Gasteiger partial charge in [-0.15, -0.1) is 0 Å². The Balaban J connectivity index is 2.52. The Labute approximate surface area is 103 Å². The first kappa shape index (κ1) is 13.5. The van der Waals surface area contributed by atoms with Gasteiger partial charge in [-0.25, -0.2) is 4.39 Å². The second-order valence-corrected chi connectivity index (χ2v) is 3.71. The van der Waals surface area contributed by atoms with Gasteiger partial charge in [0.1, 0.15) is 11.6 Å². The molecule has 1 aliphatic rings. The monoisotopic (exact) mass is 280 g/mol. The summed E-state index contributed by atoms with van der Waals surface area (Å²) in [6.45, 7) is 0. The van der Waals surface area contributed by atoms with Crippen LogP contribution in [0.15, 0.2) is 47.8 Å². The van der Waals surface area contributed by atoms with Gasteiger partial charge in [0.05, 0.1) is 0 Å². The van der Waals surface area contributed by atoms with Gasteiger partial charge in [-0.1, -0.05) is 30.3 Å². The lowest BCUT2D eigenvalue weighted by Crippen LogP contribution is -2.35. The quantitative estimate of drug-likeness (QED) is 0.691. The van der Waals surface area contributed by atoms with Crippen molar-refractivity contribution in [3.63, 3.8) is 0 Å². The zero-order chi connectivity index (χ0) is 14.3. The second kappa shape index (κ2) is 4.32. The van der Waals surface area contributed by atoms with E-state index in [-0.39, 0.29) is 5.56 Å². The molecule has 0 radical (unpaired) electrons. The Morgan fingerprint density at radius 1 is 1.00 bits per heavy atom. The van der Waals surface area contributed by atoms with E-state index in [0.717, 1.165) is 0 Å². The topological polar surface area (TPSA) is 9.23 Å². The summed E-state index contributed by atoms with van der Waals surface area (Å²) in [5.74, 6) is -2.71. The van der Waals surface area contributed by atoms with Crippen LogP contribution < -0.4 is 0 Å². The summed E-state index contributed by atoms with van der Waals surface area (Å²) in [5, 5.41) is 0. The van der Waals surface area contributed by atoms with Crippen molar-refractivity contribution >= 4 is 5.76 Å². The lowest BCUT2D eigenvalue weighted by atomic mass is 10.1. The fourth-order valence-corrected chi connectivity index (χ4v) is 1.59. The van der Waals surface area contributed by atoms with Crippen LogP contribution in [0.2, 0.25) is 0 Å². The maximum Gasteiger partial charge on any atom is 0.434 e. The molecule has 1 aliphatic heterocycles. The highest BCUT2D eigenvalue weighted by atomic mass is 19.4. The zero-order valence-corrected chi connectivity index (χ0v) is 9.14. The summed E-state index contributed by atoms with van der Waals surface area (Å²) in [4.78, 5) is 0. The van der Waals surface area contributed by atoms with Crippen LogP contribution in [0.5, 0.6) is 0 Å². The maximum absolute atomic E-state index is 13.3.